The molecule has 0 aromatic carbocycles. The molecule has 1 heterocycles. The maximum atomic E-state index is 12.5. The minimum Gasteiger partial charge on any atom is -0.354 e. The third-order valence-corrected chi connectivity index (χ3v) is 6.40. The van der Waals surface area contributed by atoms with E-state index in [1.165, 1.54) is 58.0 Å². The lowest BCUT2D eigenvalue weighted by atomic mass is 9.52. The number of carbonyl (C=O) groups excluding carboxylic acids is 1. The van der Waals surface area contributed by atoms with Gasteiger partial charge < -0.3 is 10.2 Å². The Bertz CT molecular complexity index is 377. The van der Waals surface area contributed by atoms with Crippen LogP contribution in [0.1, 0.15) is 44.9 Å². The topological polar surface area (TPSA) is 32.3 Å². The van der Waals surface area contributed by atoms with E-state index in [1.807, 2.05) is 0 Å². The summed E-state index contributed by atoms with van der Waals surface area (Å²) in [5.41, 5.74) is 0.0927. The molecule has 4 fully saturated rings. The summed E-state index contributed by atoms with van der Waals surface area (Å²) >= 11 is 0. The highest BCUT2D eigenvalue weighted by Crippen LogP contribution is 2.70. The molecule has 4 rings (SSSR count). The van der Waals surface area contributed by atoms with E-state index in [-0.39, 0.29) is 5.41 Å². The van der Waals surface area contributed by atoms with Crippen LogP contribution in [0.3, 0.4) is 0 Å². The largest absolute Gasteiger partial charge is 0.354 e. The fourth-order valence-corrected chi connectivity index (χ4v) is 5.56. The molecule has 0 aromatic rings. The molecule has 3 aliphatic carbocycles. The maximum Gasteiger partial charge on any atom is 0.226 e. The number of amides is 1. The first-order valence-corrected chi connectivity index (χ1v) is 8.28. The molecule has 3 saturated carbocycles. The Morgan fingerprint density at radius 3 is 2.68 bits per heavy atom. The molecule has 3 heteroatoms. The molecule has 4 atom stereocenters. The minimum absolute atomic E-state index is 0.0927. The lowest BCUT2D eigenvalue weighted by molar-refractivity contribution is -0.148. The average Bonchev–Trinajstić information content (AvgIpc) is 2.91. The molecule has 106 valence electrons. The summed E-state index contributed by atoms with van der Waals surface area (Å²) in [5, 5.41) is 3.25. The zero-order chi connectivity index (χ0) is 12.9. The molecule has 2 bridgehead atoms. The van der Waals surface area contributed by atoms with Crippen LogP contribution >= 0.6 is 0 Å². The maximum absolute atomic E-state index is 12.5. The quantitative estimate of drug-likeness (QED) is 0.841. The van der Waals surface area contributed by atoms with E-state index in [2.05, 4.69) is 10.2 Å². The van der Waals surface area contributed by atoms with Crippen molar-refractivity contribution in [3.05, 3.63) is 0 Å². The Balaban J connectivity index is 1.26. The zero-order valence-corrected chi connectivity index (χ0v) is 11.9. The van der Waals surface area contributed by atoms with Crippen LogP contribution in [0, 0.1) is 23.2 Å². The number of hydrogen-bond acceptors (Lipinski definition) is 2. The van der Waals surface area contributed by atoms with Gasteiger partial charge in [-0.05, 0) is 69.4 Å². The number of piperidine rings is 1. The second kappa shape index (κ2) is 4.47. The third kappa shape index (κ3) is 1.84. The smallest absolute Gasteiger partial charge is 0.226 e. The van der Waals surface area contributed by atoms with Crippen molar-refractivity contribution in [2.45, 2.75) is 44.9 Å². The summed E-state index contributed by atoms with van der Waals surface area (Å²) < 4.78 is 0. The predicted octanol–water partition coefficient (Wildman–Crippen LogP) is 2.02. The Morgan fingerprint density at radius 2 is 2.00 bits per heavy atom. The Morgan fingerprint density at radius 1 is 1.16 bits per heavy atom. The summed E-state index contributed by atoms with van der Waals surface area (Å²) in [5.74, 6) is 2.95. The van der Waals surface area contributed by atoms with E-state index in [0.717, 1.165) is 30.8 Å². The van der Waals surface area contributed by atoms with Crippen LogP contribution < -0.4 is 5.32 Å². The van der Waals surface area contributed by atoms with Crippen LogP contribution in [-0.4, -0.2) is 37.0 Å². The van der Waals surface area contributed by atoms with Crippen molar-refractivity contribution in [2.75, 3.05) is 26.2 Å². The zero-order valence-electron chi connectivity index (χ0n) is 11.9. The van der Waals surface area contributed by atoms with Gasteiger partial charge in [-0.2, -0.15) is 0 Å². The second-order valence-electron chi connectivity index (χ2n) is 7.43. The standard InChI is InChI=1S/C16H26N2O/c19-15(17-4-7-18-5-2-1-3-6-18)16-10-12-8-13(11-16)14(16)9-12/h12-14H,1-11H2,(H,17,19). The van der Waals surface area contributed by atoms with Crippen molar-refractivity contribution >= 4 is 5.91 Å². The molecule has 0 aromatic heterocycles. The number of hydrogen-bond donors (Lipinski definition) is 1. The lowest BCUT2D eigenvalue weighted by Gasteiger charge is -2.52. The van der Waals surface area contributed by atoms with Crippen LogP contribution in [0.15, 0.2) is 0 Å². The summed E-state index contributed by atoms with van der Waals surface area (Å²) in [6.45, 7) is 4.38. The van der Waals surface area contributed by atoms with Gasteiger partial charge in [0.15, 0.2) is 0 Å². The van der Waals surface area contributed by atoms with Crippen molar-refractivity contribution in [1.29, 1.82) is 0 Å². The number of fused-ring (bicyclic) bond motifs is 1. The highest BCUT2D eigenvalue weighted by molar-refractivity contribution is 5.85. The Labute approximate surface area is 116 Å². The van der Waals surface area contributed by atoms with Gasteiger partial charge in [0.25, 0.3) is 0 Å². The molecule has 3 nitrogen and oxygen atoms in total. The molecule has 1 aliphatic heterocycles. The van der Waals surface area contributed by atoms with Crippen LogP contribution in [0.4, 0.5) is 0 Å². The van der Waals surface area contributed by atoms with Gasteiger partial charge >= 0.3 is 0 Å². The fourth-order valence-electron chi connectivity index (χ4n) is 5.56. The predicted molar refractivity (Wildman–Crippen MR) is 74.7 cm³/mol. The number of rotatable bonds is 4. The van der Waals surface area contributed by atoms with E-state index in [9.17, 15) is 4.79 Å². The van der Waals surface area contributed by atoms with E-state index in [0.29, 0.717) is 5.91 Å². The number of nitrogens with one attached hydrogen (secondary N) is 1. The molecule has 0 spiro atoms. The van der Waals surface area contributed by atoms with Gasteiger partial charge in [-0.15, -0.1) is 0 Å². The first-order chi connectivity index (χ1) is 9.28. The third-order valence-electron chi connectivity index (χ3n) is 6.40. The van der Waals surface area contributed by atoms with Crippen molar-refractivity contribution in [3.63, 3.8) is 0 Å². The normalized spacial score (nSPS) is 44.1. The SMILES string of the molecule is O=C(NCCN1CCCCC1)C12CC3CC(C1)C2C3. The lowest BCUT2D eigenvalue weighted by Crippen LogP contribution is -2.56. The first-order valence-electron chi connectivity index (χ1n) is 8.28. The van der Waals surface area contributed by atoms with Gasteiger partial charge in [0, 0.05) is 13.1 Å². The summed E-state index contributed by atoms with van der Waals surface area (Å²) in [6, 6.07) is 0. The van der Waals surface area contributed by atoms with E-state index < -0.39 is 0 Å². The number of likely N-dealkylation sites (tertiary alicyclic amines) is 1. The van der Waals surface area contributed by atoms with E-state index in [4.69, 9.17) is 0 Å². The summed E-state index contributed by atoms with van der Waals surface area (Å²) in [6.07, 6.45) is 9.23. The molecule has 1 saturated heterocycles. The van der Waals surface area contributed by atoms with E-state index >= 15 is 0 Å². The van der Waals surface area contributed by atoms with Gasteiger partial charge in [0.05, 0.1) is 5.41 Å². The Hall–Kier alpha value is -0.570. The summed E-state index contributed by atoms with van der Waals surface area (Å²) in [7, 11) is 0. The van der Waals surface area contributed by atoms with Crippen molar-refractivity contribution in [3.8, 4) is 0 Å². The van der Waals surface area contributed by atoms with Gasteiger partial charge in [0.1, 0.15) is 0 Å². The summed E-state index contributed by atoms with van der Waals surface area (Å²) in [4.78, 5) is 15.0. The van der Waals surface area contributed by atoms with Crippen molar-refractivity contribution in [2.24, 2.45) is 23.2 Å². The molecule has 1 N–H and O–H groups in total. The minimum atomic E-state index is 0.0927. The molecule has 1 amide bonds. The van der Waals surface area contributed by atoms with Crippen LogP contribution in [-0.2, 0) is 4.79 Å². The molecule has 0 radical (unpaired) electrons. The van der Waals surface area contributed by atoms with Crippen LogP contribution in [0.5, 0.6) is 0 Å². The van der Waals surface area contributed by atoms with Crippen molar-refractivity contribution in [1.82, 2.24) is 10.2 Å². The molecule has 4 aliphatic rings. The fraction of sp³-hybridized carbons (Fsp3) is 0.938. The monoisotopic (exact) mass is 262 g/mol. The van der Waals surface area contributed by atoms with Crippen LogP contribution in [0.2, 0.25) is 0 Å². The van der Waals surface area contributed by atoms with Gasteiger partial charge in [-0.25, -0.2) is 0 Å². The van der Waals surface area contributed by atoms with Crippen molar-refractivity contribution < 1.29 is 4.79 Å². The van der Waals surface area contributed by atoms with Gasteiger partial charge in [-0.1, -0.05) is 6.42 Å². The average molecular weight is 262 g/mol. The molecule has 19 heavy (non-hydrogen) atoms. The molecule has 4 unspecified atom stereocenters. The second-order valence-corrected chi connectivity index (χ2v) is 7.43. The van der Waals surface area contributed by atoms with Crippen LogP contribution in [0.25, 0.3) is 0 Å². The number of nitrogens with zero attached hydrogens (tertiary/aromatic N) is 1. The van der Waals surface area contributed by atoms with Gasteiger partial charge in [0.2, 0.25) is 5.91 Å². The first kappa shape index (κ1) is 12.2. The highest BCUT2D eigenvalue weighted by atomic mass is 16.2. The number of carbonyl (C=O) groups is 1. The highest BCUT2D eigenvalue weighted by Gasteiger charge is 2.67. The molecular formula is C16H26N2O. The molecular weight excluding hydrogens is 236 g/mol. The Kier molecular flexibility index (Phi) is 2.87. The van der Waals surface area contributed by atoms with E-state index in [1.54, 1.807) is 0 Å². The van der Waals surface area contributed by atoms with Gasteiger partial charge in [-0.3, -0.25) is 4.79 Å².